The number of halogens is 4. The smallest absolute Gasteiger partial charge is 0.251 e. The molecule has 14 heteroatoms. The van der Waals surface area contributed by atoms with Gasteiger partial charge in [-0.2, -0.15) is 5.10 Å². The number of alkyl halides is 1. The van der Waals surface area contributed by atoms with Gasteiger partial charge in [-0.3, -0.25) is 9.59 Å². The summed E-state index contributed by atoms with van der Waals surface area (Å²) in [5.41, 5.74) is 3.00. The maximum absolute atomic E-state index is 15.2. The second-order valence-electron chi connectivity index (χ2n) is 12.4. The van der Waals surface area contributed by atoms with Crippen molar-refractivity contribution in [3.05, 3.63) is 70.0 Å². The zero-order valence-corrected chi connectivity index (χ0v) is 25.6. The molecular weight excluding hydrogens is 627 g/mol. The van der Waals surface area contributed by atoms with Crippen LogP contribution in [-0.4, -0.2) is 51.9 Å². The van der Waals surface area contributed by atoms with Crippen LogP contribution in [0.5, 0.6) is 11.5 Å². The fraction of sp³-hybridized carbons (Fsp3) is 0.375. The van der Waals surface area contributed by atoms with E-state index >= 15 is 4.39 Å². The number of fused-ring (bicyclic) bond motifs is 2. The largest absolute Gasteiger partial charge is 0.494 e. The molecule has 1 aliphatic heterocycles. The second kappa shape index (κ2) is 10.3. The minimum atomic E-state index is -1.78. The Hall–Kier alpha value is -4.36. The standard InChI is InChI=1S/C32H29ClF3N5O5/c1-30(29(37)43)14-46-27-19(30)11-22(39-26(27)18-5-6-20(33)24(35)23(18)34)32(44,17-3-4-17)13-38-28(42)15-9-16-12-41(31(36)7-8-31)40-25(16)21(10-15)45-2/h5-6,9-12,17,44H,3-4,7-8,13-14H2,1-2H3,(H2,37,43)(H,38,42)/t30-,32+/m0/s1. The summed E-state index contributed by atoms with van der Waals surface area (Å²) in [5, 5.41) is 19.3. The lowest BCUT2D eigenvalue weighted by Crippen LogP contribution is -2.44. The maximum Gasteiger partial charge on any atom is 0.251 e. The number of hydrogen-bond donors (Lipinski definition) is 3. The fourth-order valence-corrected chi connectivity index (χ4v) is 6.10. The molecule has 0 unspecified atom stereocenters. The lowest BCUT2D eigenvalue weighted by molar-refractivity contribution is -0.123. The van der Waals surface area contributed by atoms with E-state index in [2.05, 4.69) is 15.4 Å². The Morgan fingerprint density at radius 1 is 1.24 bits per heavy atom. The monoisotopic (exact) mass is 655 g/mol. The number of nitrogens with zero attached hydrogens (tertiary/aromatic N) is 3. The van der Waals surface area contributed by atoms with E-state index in [0.29, 0.717) is 36.6 Å². The molecule has 2 saturated carbocycles. The molecule has 3 heterocycles. The lowest BCUT2D eigenvalue weighted by Gasteiger charge is -2.30. The van der Waals surface area contributed by atoms with E-state index in [1.54, 1.807) is 13.0 Å². The second-order valence-corrected chi connectivity index (χ2v) is 12.8. The van der Waals surface area contributed by atoms with E-state index in [4.69, 9.17) is 26.8 Å². The predicted octanol–water partition coefficient (Wildman–Crippen LogP) is 4.62. The van der Waals surface area contributed by atoms with Crippen LogP contribution in [0.4, 0.5) is 13.2 Å². The van der Waals surface area contributed by atoms with Gasteiger partial charge in [-0.1, -0.05) is 11.6 Å². The van der Waals surface area contributed by atoms with Gasteiger partial charge in [0.05, 0.1) is 24.4 Å². The molecule has 4 aromatic rings. The Morgan fingerprint density at radius 3 is 2.63 bits per heavy atom. The van der Waals surface area contributed by atoms with E-state index < -0.39 is 45.3 Å². The summed E-state index contributed by atoms with van der Waals surface area (Å²) in [6.45, 7) is 1.04. The molecule has 2 aromatic carbocycles. The first-order valence-electron chi connectivity index (χ1n) is 14.7. The molecule has 46 heavy (non-hydrogen) atoms. The molecule has 0 spiro atoms. The number of primary amides is 1. The van der Waals surface area contributed by atoms with Crippen LogP contribution < -0.4 is 20.5 Å². The molecular formula is C32H29ClF3N5O5. The molecule has 0 radical (unpaired) electrons. The number of pyridine rings is 1. The molecule has 2 aliphatic carbocycles. The number of methoxy groups -OCH3 is 1. The number of ether oxygens (including phenoxy) is 2. The number of carbonyl (C=O) groups is 2. The van der Waals surface area contributed by atoms with Gasteiger partial charge >= 0.3 is 0 Å². The van der Waals surface area contributed by atoms with Crippen LogP contribution in [0, 0.1) is 17.6 Å². The van der Waals surface area contributed by atoms with Crippen molar-refractivity contribution in [2.45, 2.75) is 49.4 Å². The van der Waals surface area contributed by atoms with E-state index in [1.807, 2.05) is 0 Å². The lowest BCUT2D eigenvalue weighted by atomic mass is 9.81. The van der Waals surface area contributed by atoms with Gasteiger partial charge in [0.15, 0.2) is 11.6 Å². The molecule has 0 bridgehead atoms. The maximum atomic E-state index is 15.2. The van der Waals surface area contributed by atoms with E-state index in [9.17, 15) is 23.5 Å². The Morgan fingerprint density at radius 2 is 1.98 bits per heavy atom. The summed E-state index contributed by atoms with van der Waals surface area (Å²) in [6, 6.07) is 6.89. The molecule has 240 valence electrons. The third kappa shape index (κ3) is 4.66. The Kier molecular flexibility index (Phi) is 6.80. The van der Waals surface area contributed by atoms with Gasteiger partial charge in [0.2, 0.25) is 11.7 Å². The number of nitrogens with one attached hydrogen (secondary N) is 1. The molecule has 2 aromatic heterocycles. The Labute approximate surface area is 265 Å². The summed E-state index contributed by atoms with van der Waals surface area (Å²) in [5.74, 6) is -5.48. The number of aliphatic hydroxyl groups is 1. The van der Waals surface area contributed by atoms with Crippen LogP contribution in [0.15, 0.2) is 36.5 Å². The van der Waals surface area contributed by atoms with Gasteiger partial charge in [-0.25, -0.2) is 22.8 Å². The summed E-state index contributed by atoms with van der Waals surface area (Å²) in [7, 11) is 1.42. The summed E-state index contributed by atoms with van der Waals surface area (Å²) >= 11 is 5.79. The zero-order valence-electron chi connectivity index (χ0n) is 24.8. The van der Waals surface area contributed by atoms with Gasteiger partial charge in [-0.15, -0.1) is 0 Å². The van der Waals surface area contributed by atoms with E-state index in [1.165, 1.54) is 42.3 Å². The molecule has 0 saturated heterocycles. The highest BCUT2D eigenvalue weighted by Gasteiger charge is 2.50. The number of nitrogens with two attached hydrogens (primary N) is 1. The van der Waals surface area contributed by atoms with Gasteiger partial charge in [0.1, 0.15) is 40.3 Å². The van der Waals surface area contributed by atoms with Crippen LogP contribution in [0.3, 0.4) is 0 Å². The molecule has 2 amide bonds. The van der Waals surface area contributed by atoms with Crippen molar-refractivity contribution in [1.82, 2.24) is 20.1 Å². The first-order chi connectivity index (χ1) is 21.8. The van der Waals surface area contributed by atoms with Crippen LogP contribution in [0.1, 0.15) is 54.2 Å². The SMILES string of the molecule is COc1cc(C(=O)NC[C@](O)(c2cc3c(c(-c4ccc(Cl)c(F)c4F)n2)OC[C@]3(C)C(N)=O)C2CC2)cc2cn(C3(F)CC3)nc12. The fourth-order valence-electron chi connectivity index (χ4n) is 5.95. The molecule has 3 aliphatic rings. The molecule has 2 fully saturated rings. The zero-order chi connectivity index (χ0) is 32.8. The molecule has 4 N–H and O–H groups in total. The van der Waals surface area contributed by atoms with Gasteiger partial charge in [0.25, 0.3) is 5.91 Å². The summed E-state index contributed by atoms with van der Waals surface area (Å²) < 4.78 is 57.0. The van der Waals surface area contributed by atoms with Crippen molar-refractivity contribution in [2.75, 3.05) is 20.3 Å². The molecule has 7 rings (SSSR count). The van der Waals surface area contributed by atoms with Crippen LogP contribution in [-0.2, 0) is 21.6 Å². The highest BCUT2D eigenvalue weighted by atomic mass is 35.5. The third-order valence-corrected chi connectivity index (χ3v) is 9.54. The topological polar surface area (TPSA) is 142 Å². The number of hydrogen-bond acceptors (Lipinski definition) is 7. The number of rotatable bonds is 9. The number of amides is 2. The van der Waals surface area contributed by atoms with Crippen molar-refractivity contribution in [1.29, 1.82) is 0 Å². The van der Waals surface area contributed by atoms with Crippen molar-refractivity contribution in [3.8, 4) is 22.8 Å². The average molecular weight is 656 g/mol. The van der Waals surface area contributed by atoms with E-state index in [0.717, 1.165) is 0 Å². The van der Waals surface area contributed by atoms with Crippen molar-refractivity contribution in [2.24, 2.45) is 11.7 Å². The van der Waals surface area contributed by atoms with Crippen molar-refractivity contribution in [3.63, 3.8) is 0 Å². The van der Waals surface area contributed by atoms with Gasteiger partial charge < -0.3 is 25.6 Å². The van der Waals surface area contributed by atoms with Gasteiger partial charge in [0, 0.05) is 41.1 Å². The highest BCUT2D eigenvalue weighted by Crippen LogP contribution is 2.50. The predicted molar refractivity (Wildman–Crippen MR) is 160 cm³/mol. The minimum Gasteiger partial charge on any atom is -0.494 e. The van der Waals surface area contributed by atoms with Crippen LogP contribution >= 0.6 is 11.6 Å². The van der Waals surface area contributed by atoms with E-state index in [-0.39, 0.29) is 58.6 Å². The first kappa shape index (κ1) is 30.3. The third-order valence-electron chi connectivity index (χ3n) is 9.25. The molecule has 2 atom stereocenters. The van der Waals surface area contributed by atoms with Crippen LogP contribution in [0.25, 0.3) is 22.2 Å². The average Bonchev–Trinajstić information content (AvgIpc) is 3.96. The summed E-state index contributed by atoms with van der Waals surface area (Å²) in [4.78, 5) is 30.6. The Balaban J connectivity index is 1.27. The highest BCUT2D eigenvalue weighted by molar-refractivity contribution is 6.30. The quantitative estimate of drug-likeness (QED) is 0.224. The Bertz CT molecular complexity index is 1960. The molecule has 10 nitrogen and oxygen atoms in total. The number of aromatic nitrogens is 3. The normalized spacial score (nSPS) is 20.9. The van der Waals surface area contributed by atoms with Crippen molar-refractivity contribution >= 4 is 34.3 Å². The van der Waals surface area contributed by atoms with Crippen molar-refractivity contribution < 1.29 is 37.3 Å². The first-order valence-corrected chi connectivity index (χ1v) is 15.1. The minimum absolute atomic E-state index is 0.0174. The number of benzene rings is 2. The van der Waals surface area contributed by atoms with Crippen LogP contribution in [0.2, 0.25) is 5.02 Å². The summed E-state index contributed by atoms with van der Waals surface area (Å²) in [6.07, 6.45) is 3.41. The number of carbonyl (C=O) groups excluding carboxylic acids is 2. The van der Waals surface area contributed by atoms with Gasteiger partial charge in [-0.05, 0) is 56.0 Å².